The number of carbonyl (C=O) groups is 1. The number of nitrogens with zero attached hydrogens (tertiary/aromatic N) is 3. The zero-order valence-corrected chi connectivity index (χ0v) is 14.8. The Bertz CT molecular complexity index is 922. The molecule has 1 aromatic carbocycles. The molecule has 0 saturated heterocycles. The van der Waals surface area contributed by atoms with E-state index in [4.69, 9.17) is 9.84 Å². The quantitative estimate of drug-likeness (QED) is 0.548. The number of aromatic nitrogens is 3. The molecule has 2 heterocycles. The number of pyridine rings is 1. The molecule has 0 atom stereocenters. The third kappa shape index (κ3) is 4.06. The molecular weight excluding hydrogens is 348 g/mol. The summed E-state index contributed by atoms with van der Waals surface area (Å²) in [6.45, 7) is 0.409. The normalized spacial score (nSPS) is 10.6. The number of benzene rings is 1. The van der Waals surface area contributed by atoms with Crippen LogP contribution in [-0.4, -0.2) is 51.1 Å². The van der Waals surface area contributed by atoms with Gasteiger partial charge in [-0.15, -0.1) is 0 Å². The van der Waals surface area contributed by atoms with Gasteiger partial charge in [0.1, 0.15) is 5.75 Å². The van der Waals surface area contributed by atoms with E-state index >= 15 is 0 Å². The van der Waals surface area contributed by atoms with Gasteiger partial charge in [0.15, 0.2) is 5.82 Å². The van der Waals surface area contributed by atoms with Crippen LogP contribution in [0.2, 0.25) is 0 Å². The van der Waals surface area contributed by atoms with Crippen LogP contribution in [0.15, 0.2) is 48.8 Å². The number of carbonyl (C=O) groups excluding carboxylic acids is 1. The van der Waals surface area contributed by atoms with Crippen molar-refractivity contribution in [3.63, 3.8) is 0 Å². The fourth-order valence-corrected chi connectivity index (χ4v) is 2.53. The highest BCUT2D eigenvalue weighted by Crippen LogP contribution is 2.32. The van der Waals surface area contributed by atoms with Crippen molar-refractivity contribution in [1.29, 1.82) is 0 Å². The molecule has 3 N–H and O–H groups in total. The van der Waals surface area contributed by atoms with Gasteiger partial charge in [-0.05, 0) is 36.2 Å². The average molecular weight is 368 g/mol. The van der Waals surface area contributed by atoms with Crippen LogP contribution >= 0.6 is 0 Å². The third-order valence-corrected chi connectivity index (χ3v) is 3.97. The SMILES string of the molecule is COc1cccc(-c2cnn(-c3ccc(C(=O)NCCCO)cn3)c2O)c1. The largest absolute Gasteiger partial charge is 0.497 e. The van der Waals surface area contributed by atoms with Crippen molar-refractivity contribution in [2.45, 2.75) is 6.42 Å². The summed E-state index contributed by atoms with van der Waals surface area (Å²) in [5, 5.41) is 26.2. The van der Waals surface area contributed by atoms with Crippen LogP contribution in [0.1, 0.15) is 16.8 Å². The number of nitrogens with one attached hydrogen (secondary N) is 1. The van der Waals surface area contributed by atoms with Crippen LogP contribution in [0.3, 0.4) is 0 Å². The van der Waals surface area contributed by atoms with Gasteiger partial charge in [-0.25, -0.2) is 4.98 Å². The van der Waals surface area contributed by atoms with Gasteiger partial charge >= 0.3 is 0 Å². The van der Waals surface area contributed by atoms with Crippen molar-refractivity contribution in [2.75, 3.05) is 20.3 Å². The van der Waals surface area contributed by atoms with Crippen molar-refractivity contribution in [3.8, 4) is 28.6 Å². The van der Waals surface area contributed by atoms with Crippen LogP contribution in [-0.2, 0) is 0 Å². The number of aliphatic hydroxyl groups excluding tert-OH is 1. The van der Waals surface area contributed by atoms with Crippen molar-refractivity contribution < 1.29 is 19.7 Å². The molecule has 0 radical (unpaired) electrons. The molecule has 0 aliphatic heterocycles. The molecule has 3 aromatic rings. The summed E-state index contributed by atoms with van der Waals surface area (Å²) in [6, 6.07) is 10.5. The molecule has 0 spiro atoms. The summed E-state index contributed by atoms with van der Waals surface area (Å²) in [7, 11) is 1.58. The van der Waals surface area contributed by atoms with Gasteiger partial charge in [0.25, 0.3) is 5.91 Å². The van der Waals surface area contributed by atoms with Gasteiger partial charge in [0, 0.05) is 19.3 Å². The molecule has 0 bridgehead atoms. The van der Waals surface area contributed by atoms with Crippen LogP contribution in [0.25, 0.3) is 16.9 Å². The molecule has 0 fully saturated rings. The van der Waals surface area contributed by atoms with Crippen LogP contribution < -0.4 is 10.1 Å². The number of methoxy groups -OCH3 is 1. The lowest BCUT2D eigenvalue weighted by Gasteiger charge is -2.06. The van der Waals surface area contributed by atoms with E-state index in [0.717, 1.165) is 5.56 Å². The van der Waals surface area contributed by atoms with Gasteiger partial charge in [-0.1, -0.05) is 12.1 Å². The van der Waals surface area contributed by atoms with Gasteiger partial charge in [0.2, 0.25) is 5.88 Å². The standard InChI is InChI=1S/C19H20N4O4/c1-27-15-5-2-4-13(10-15)16-12-22-23(19(16)26)17-7-6-14(11-21-17)18(25)20-8-3-9-24/h2,4-7,10-12,24,26H,3,8-9H2,1H3,(H,20,25). The minimum absolute atomic E-state index is 0.0195. The maximum Gasteiger partial charge on any atom is 0.252 e. The van der Waals surface area contributed by atoms with Crippen molar-refractivity contribution in [3.05, 3.63) is 54.4 Å². The minimum atomic E-state index is -0.274. The number of hydrogen-bond acceptors (Lipinski definition) is 6. The molecule has 8 heteroatoms. The van der Waals surface area contributed by atoms with Crippen molar-refractivity contribution in [1.82, 2.24) is 20.1 Å². The second-order valence-corrected chi connectivity index (χ2v) is 5.76. The lowest BCUT2D eigenvalue weighted by molar-refractivity contribution is 0.0951. The summed E-state index contributed by atoms with van der Waals surface area (Å²) >= 11 is 0. The van der Waals surface area contributed by atoms with Gasteiger partial charge in [0.05, 0.1) is 24.4 Å². The van der Waals surface area contributed by atoms with E-state index in [9.17, 15) is 9.90 Å². The van der Waals surface area contributed by atoms with E-state index in [1.165, 1.54) is 10.9 Å². The molecule has 140 valence electrons. The van der Waals surface area contributed by atoms with E-state index in [0.29, 0.717) is 35.7 Å². The second-order valence-electron chi connectivity index (χ2n) is 5.76. The smallest absolute Gasteiger partial charge is 0.252 e. The monoisotopic (exact) mass is 368 g/mol. The van der Waals surface area contributed by atoms with Gasteiger partial charge < -0.3 is 20.3 Å². The number of aromatic hydroxyl groups is 1. The third-order valence-electron chi connectivity index (χ3n) is 3.97. The zero-order valence-electron chi connectivity index (χ0n) is 14.8. The van der Waals surface area contributed by atoms with E-state index in [2.05, 4.69) is 15.4 Å². The predicted octanol–water partition coefficient (Wildman–Crippen LogP) is 1.76. The molecule has 0 aliphatic rings. The summed E-state index contributed by atoms with van der Waals surface area (Å²) in [6.07, 6.45) is 3.45. The molecule has 27 heavy (non-hydrogen) atoms. The minimum Gasteiger partial charge on any atom is -0.497 e. The molecule has 1 amide bonds. The van der Waals surface area contributed by atoms with Gasteiger partial charge in [-0.3, -0.25) is 4.79 Å². The predicted molar refractivity (Wildman–Crippen MR) is 99.0 cm³/mol. The Morgan fingerprint density at radius 1 is 1.26 bits per heavy atom. The molecular formula is C19H20N4O4. The average Bonchev–Trinajstić information content (AvgIpc) is 3.09. The Labute approximate surface area is 156 Å². The van der Waals surface area contributed by atoms with E-state index in [1.54, 1.807) is 31.5 Å². The van der Waals surface area contributed by atoms with Gasteiger partial charge in [-0.2, -0.15) is 9.78 Å². The number of ether oxygens (including phenoxy) is 1. The molecule has 2 aromatic heterocycles. The topological polar surface area (TPSA) is 110 Å². The molecule has 3 rings (SSSR count). The summed E-state index contributed by atoms with van der Waals surface area (Å²) in [4.78, 5) is 16.2. The highest BCUT2D eigenvalue weighted by molar-refractivity contribution is 5.93. The lowest BCUT2D eigenvalue weighted by Crippen LogP contribution is -2.25. The van der Waals surface area contributed by atoms with Crippen molar-refractivity contribution in [2.24, 2.45) is 0 Å². The summed E-state index contributed by atoms with van der Waals surface area (Å²) in [5.41, 5.74) is 1.69. The second kappa shape index (κ2) is 8.33. The summed E-state index contributed by atoms with van der Waals surface area (Å²) in [5.74, 6) is 0.725. The fraction of sp³-hybridized carbons (Fsp3) is 0.211. The number of rotatable bonds is 7. The van der Waals surface area contributed by atoms with E-state index in [1.807, 2.05) is 18.2 Å². The number of hydrogen-bond donors (Lipinski definition) is 3. The highest BCUT2D eigenvalue weighted by atomic mass is 16.5. The molecule has 0 aliphatic carbocycles. The Morgan fingerprint density at radius 2 is 2.11 bits per heavy atom. The first-order valence-electron chi connectivity index (χ1n) is 8.41. The fourth-order valence-electron chi connectivity index (χ4n) is 2.53. The zero-order chi connectivity index (χ0) is 19.2. The Balaban J connectivity index is 1.81. The number of aliphatic hydroxyl groups is 1. The first kappa shape index (κ1) is 18.4. The lowest BCUT2D eigenvalue weighted by atomic mass is 10.1. The Hall–Kier alpha value is -3.39. The maximum atomic E-state index is 12.0. The first-order chi connectivity index (χ1) is 13.1. The van der Waals surface area contributed by atoms with Crippen molar-refractivity contribution >= 4 is 5.91 Å². The first-order valence-corrected chi connectivity index (χ1v) is 8.41. The Kier molecular flexibility index (Phi) is 5.68. The Morgan fingerprint density at radius 3 is 2.81 bits per heavy atom. The number of amides is 1. The summed E-state index contributed by atoms with van der Waals surface area (Å²) < 4.78 is 6.50. The van der Waals surface area contributed by atoms with Crippen LogP contribution in [0, 0.1) is 0 Å². The van der Waals surface area contributed by atoms with Crippen LogP contribution in [0.4, 0.5) is 0 Å². The van der Waals surface area contributed by atoms with E-state index in [-0.39, 0.29) is 18.4 Å². The van der Waals surface area contributed by atoms with Crippen LogP contribution in [0.5, 0.6) is 11.6 Å². The maximum absolute atomic E-state index is 12.0. The van der Waals surface area contributed by atoms with E-state index < -0.39 is 0 Å². The molecule has 0 unspecified atom stereocenters. The molecule has 0 saturated carbocycles. The highest BCUT2D eigenvalue weighted by Gasteiger charge is 2.15. The molecule has 8 nitrogen and oxygen atoms in total.